The van der Waals surface area contributed by atoms with Crippen LogP contribution in [-0.4, -0.2) is 25.3 Å². The van der Waals surface area contributed by atoms with E-state index in [9.17, 15) is 5.11 Å². The maximum Gasteiger partial charge on any atom is 0.277 e. The molecule has 0 unspecified atom stereocenters. The summed E-state index contributed by atoms with van der Waals surface area (Å²) in [4.78, 5) is 8.19. The van der Waals surface area contributed by atoms with Crippen LogP contribution in [0.2, 0.25) is 0 Å². The van der Waals surface area contributed by atoms with Gasteiger partial charge in [-0.2, -0.15) is 0 Å². The summed E-state index contributed by atoms with van der Waals surface area (Å²) in [6.45, 7) is 0. The van der Waals surface area contributed by atoms with Gasteiger partial charge in [0.15, 0.2) is 0 Å². The molecule has 4 rings (SSSR count). The molecule has 0 atom stereocenters. The number of thioether (sulfide) groups is 1. The molecule has 0 aliphatic heterocycles. The minimum Gasteiger partial charge on any atom is -0.506 e. The normalized spacial score (nSPS) is 11.0. The second-order valence-corrected chi connectivity index (χ2v) is 5.97. The molecule has 0 aliphatic rings. The third-order valence-corrected chi connectivity index (χ3v) is 4.39. The largest absolute Gasteiger partial charge is 0.506 e. The Hall–Kier alpha value is -2.93. The number of benzene rings is 1. The van der Waals surface area contributed by atoms with Crippen molar-refractivity contribution in [3.05, 3.63) is 60.6 Å². The fourth-order valence-electron chi connectivity index (χ4n) is 2.36. The van der Waals surface area contributed by atoms with E-state index in [1.807, 2.05) is 30.3 Å². The van der Waals surface area contributed by atoms with E-state index in [1.54, 1.807) is 24.7 Å². The van der Waals surface area contributed by atoms with Crippen LogP contribution in [0.3, 0.4) is 0 Å². The average molecular weight is 336 g/mol. The molecule has 6 nitrogen and oxygen atoms in total. The standard InChI is InChI=1S/C17H12N4O2S/c22-14-4-3-12(13-2-1-7-19-15(13)14)10-24-17-21-20-16(23-17)11-5-8-18-9-6-11/h1-9,22H,10H2. The number of rotatable bonds is 4. The molecule has 0 bridgehead atoms. The SMILES string of the molecule is Oc1ccc(CSc2nnc(-c3ccncc3)o2)c2cccnc12. The van der Waals surface area contributed by atoms with Crippen molar-refractivity contribution in [2.75, 3.05) is 0 Å². The van der Waals surface area contributed by atoms with Crippen LogP contribution in [0.1, 0.15) is 5.56 Å². The highest BCUT2D eigenvalue weighted by Crippen LogP contribution is 2.31. The molecule has 0 radical (unpaired) electrons. The summed E-state index contributed by atoms with van der Waals surface area (Å²) >= 11 is 1.44. The Kier molecular flexibility index (Phi) is 3.84. The van der Waals surface area contributed by atoms with Crippen LogP contribution in [-0.2, 0) is 5.75 Å². The summed E-state index contributed by atoms with van der Waals surface area (Å²) in [6.07, 6.45) is 5.03. The molecule has 118 valence electrons. The predicted octanol–water partition coefficient (Wildman–Crippen LogP) is 3.68. The van der Waals surface area contributed by atoms with Crippen LogP contribution < -0.4 is 0 Å². The van der Waals surface area contributed by atoms with Gasteiger partial charge >= 0.3 is 0 Å². The summed E-state index contributed by atoms with van der Waals surface area (Å²) in [5.74, 6) is 1.29. The second-order valence-electron chi connectivity index (χ2n) is 5.04. The van der Waals surface area contributed by atoms with Gasteiger partial charge in [-0.25, -0.2) is 0 Å². The zero-order valence-corrected chi connectivity index (χ0v) is 13.3. The molecule has 24 heavy (non-hydrogen) atoms. The Morgan fingerprint density at radius 2 is 1.88 bits per heavy atom. The van der Waals surface area contributed by atoms with E-state index in [1.165, 1.54) is 11.8 Å². The summed E-state index contributed by atoms with van der Waals surface area (Å²) in [6, 6.07) is 11.0. The van der Waals surface area contributed by atoms with Crippen LogP contribution in [0.5, 0.6) is 5.75 Å². The summed E-state index contributed by atoms with van der Waals surface area (Å²) in [7, 11) is 0. The number of phenols is 1. The van der Waals surface area contributed by atoms with Crippen molar-refractivity contribution in [2.24, 2.45) is 0 Å². The third kappa shape index (κ3) is 2.81. The van der Waals surface area contributed by atoms with Gasteiger partial charge in [-0.1, -0.05) is 23.9 Å². The number of aromatic hydroxyl groups is 1. The van der Waals surface area contributed by atoms with Gasteiger partial charge in [0.1, 0.15) is 11.3 Å². The van der Waals surface area contributed by atoms with Crippen LogP contribution in [0.4, 0.5) is 0 Å². The minimum absolute atomic E-state index is 0.178. The highest BCUT2D eigenvalue weighted by Gasteiger charge is 2.11. The van der Waals surface area contributed by atoms with Gasteiger partial charge < -0.3 is 9.52 Å². The van der Waals surface area contributed by atoms with E-state index in [-0.39, 0.29) is 5.75 Å². The predicted molar refractivity (Wildman–Crippen MR) is 90.5 cm³/mol. The molecule has 3 heterocycles. The lowest BCUT2D eigenvalue weighted by atomic mass is 10.1. The zero-order chi connectivity index (χ0) is 16.4. The first-order chi connectivity index (χ1) is 11.8. The van der Waals surface area contributed by atoms with Gasteiger partial charge in [-0.15, -0.1) is 10.2 Å². The molecule has 4 aromatic rings. The van der Waals surface area contributed by atoms with Crippen molar-refractivity contribution in [3.63, 3.8) is 0 Å². The highest BCUT2D eigenvalue weighted by molar-refractivity contribution is 7.98. The second kappa shape index (κ2) is 6.29. The van der Waals surface area contributed by atoms with Gasteiger partial charge in [0.25, 0.3) is 5.22 Å². The van der Waals surface area contributed by atoms with E-state index >= 15 is 0 Å². The average Bonchev–Trinajstić information content (AvgIpc) is 3.11. The maximum atomic E-state index is 9.90. The molecule has 0 aliphatic carbocycles. The first-order valence-electron chi connectivity index (χ1n) is 7.23. The zero-order valence-electron chi connectivity index (χ0n) is 12.5. The molecule has 1 N–H and O–H groups in total. The van der Waals surface area contributed by atoms with Crippen molar-refractivity contribution in [3.8, 4) is 17.2 Å². The van der Waals surface area contributed by atoms with Gasteiger partial charge in [-0.05, 0) is 29.8 Å². The number of aromatic nitrogens is 4. The van der Waals surface area contributed by atoms with Crippen LogP contribution in [0, 0.1) is 0 Å². The smallest absolute Gasteiger partial charge is 0.277 e. The molecular formula is C17H12N4O2S. The summed E-state index contributed by atoms with van der Waals surface area (Å²) < 4.78 is 5.68. The Labute approximate surface area is 141 Å². The van der Waals surface area contributed by atoms with Crippen LogP contribution in [0.25, 0.3) is 22.4 Å². The molecule has 1 aromatic carbocycles. The number of nitrogens with zero attached hydrogens (tertiary/aromatic N) is 4. The molecule has 0 amide bonds. The first kappa shape index (κ1) is 14.6. The fraction of sp³-hybridized carbons (Fsp3) is 0.0588. The molecular weight excluding hydrogens is 324 g/mol. The lowest BCUT2D eigenvalue weighted by Gasteiger charge is -2.05. The van der Waals surface area contributed by atoms with E-state index in [4.69, 9.17) is 4.42 Å². The monoisotopic (exact) mass is 336 g/mol. The maximum absolute atomic E-state index is 9.90. The summed E-state index contributed by atoms with van der Waals surface area (Å²) in [5, 5.41) is 19.4. The van der Waals surface area contributed by atoms with E-state index in [0.717, 1.165) is 16.5 Å². The fourth-order valence-corrected chi connectivity index (χ4v) is 3.13. The van der Waals surface area contributed by atoms with Crippen LogP contribution >= 0.6 is 11.8 Å². The molecule has 0 fully saturated rings. The van der Waals surface area contributed by atoms with Crippen molar-refractivity contribution in [1.82, 2.24) is 20.2 Å². The Morgan fingerprint density at radius 1 is 1.00 bits per heavy atom. The van der Waals surface area contributed by atoms with E-state index in [2.05, 4.69) is 20.2 Å². The lowest BCUT2D eigenvalue weighted by Crippen LogP contribution is -1.87. The number of hydrogen-bond acceptors (Lipinski definition) is 7. The van der Waals surface area contributed by atoms with Crippen molar-refractivity contribution in [1.29, 1.82) is 0 Å². The van der Waals surface area contributed by atoms with Gasteiger partial charge in [0.05, 0.1) is 0 Å². The minimum atomic E-state index is 0.178. The van der Waals surface area contributed by atoms with Gasteiger partial charge in [-0.3, -0.25) is 9.97 Å². The quantitative estimate of drug-likeness (QED) is 0.569. The lowest BCUT2D eigenvalue weighted by molar-refractivity contribution is 0.466. The van der Waals surface area contributed by atoms with Gasteiger partial charge in [0, 0.05) is 35.3 Å². The van der Waals surface area contributed by atoms with Crippen molar-refractivity contribution in [2.45, 2.75) is 11.0 Å². The first-order valence-corrected chi connectivity index (χ1v) is 8.22. The number of fused-ring (bicyclic) bond motifs is 1. The molecule has 0 saturated carbocycles. The molecule has 0 saturated heterocycles. The van der Waals surface area contributed by atoms with Gasteiger partial charge in [0.2, 0.25) is 5.89 Å². The van der Waals surface area contributed by atoms with Crippen molar-refractivity contribution >= 4 is 22.7 Å². The number of pyridine rings is 2. The van der Waals surface area contributed by atoms with Crippen LogP contribution in [0.15, 0.2) is 64.6 Å². The summed E-state index contributed by atoms with van der Waals surface area (Å²) in [5.41, 5.74) is 2.48. The van der Waals surface area contributed by atoms with E-state index in [0.29, 0.717) is 22.4 Å². The molecule has 3 aromatic heterocycles. The Morgan fingerprint density at radius 3 is 2.75 bits per heavy atom. The topological polar surface area (TPSA) is 84.9 Å². The number of phenolic OH excluding ortho intramolecular Hbond substituents is 1. The molecule has 7 heteroatoms. The molecule has 0 spiro atoms. The van der Waals surface area contributed by atoms with Crippen molar-refractivity contribution < 1.29 is 9.52 Å². The Bertz CT molecular complexity index is 988. The highest BCUT2D eigenvalue weighted by atomic mass is 32.2. The van der Waals surface area contributed by atoms with E-state index < -0.39 is 0 Å². The number of hydrogen-bond donors (Lipinski definition) is 1. The Balaban J connectivity index is 1.56. The third-order valence-electron chi connectivity index (χ3n) is 3.52.